The summed E-state index contributed by atoms with van der Waals surface area (Å²) in [6.45, 7) is 0. The van der Waals surface area contributed by atoms with Gasteiger partial charge in [-0.15, -0.1) is 0 Å². The molecular formula is C27H22ClN3O2. The first-order valence-corrected chi connectivity index (χ1v) is 11.0. The summed E-state index contributed by atoms with van der Waals surface area (Å²) in [6.07, 6.45) is 4.12. The molecule has 0 saturated carbocycles. The van der Waals surface area contributed by atoms with Crippen LogP contribution in [0.3, 0.4) is 0 Å². The van der Waals surface area contributed by atoms with Crippen LogP contribution in [0.1, 0.15) is 23.3 Å². The van der Waals surface area contributed by atoms with E-state index in [4.69, 9.17) is 11.6 Å². The minimum absolute atomic E-state index is 0.0678. The van der Waals surface area contributed by atoms with Gasteiger partial charge in [-0.3, -0.25) is 4.79 Å². The number of aliphatic hydroxyl groups is 1. The van der Waals surface area contributed by atoms with Gasteiger partial charge in [-0.2, -0.15) is 0 Å². The molecule has 2 atom stereocenters. The van der Waals surface area contributed by atoms with E-state index < -0.39 is 6.23 Å². The Morgan fingerprint density at radius 3 is 2.36 bits per heavy atom. The molecule has 6 heteroatoms. The molecule has 0 aliphatic carbocycles. The van der Waals surface area contributed by atoms with Crippen LogP contribution in [-0.4, -0.2) is 19.2 Å². The van der Waals surface area contributed by atoms with Crippen molar-refractivity contribution in [2.24, 2.45) is 7.05 Å². The molecule has 33 heavy (non-hydrogen) atoms. The number of aryl methyl sites for hydroxylation is 1. The van der Waals surface area contributed by atoms with Crippen LogP contribution in [0.4, 0.5) is 0 Å². The van der Waals surface area contributed by atoms with Gasteiger partial charge in [0, 0.05) is 35.9 Å². The molecule has 1 N–H and O–H groups in total. The fraction of sp³-hybridized carbons (Fsp3) is 0.111. The lowest BCUT2D eigenvalue weighted by Crippen LogP contribution is -2.19. The minimum atomic E-state index is -0.876. The molecule has 164 valence electrons. The van der Waals surface area contributed by atoms with E-state index in [1.807, 2.05) is 66.7 Å². The molecule has 0 spiro atoms. The van der Waals surface area contributed by atoms with Crippen LogP contribution >= 0.6 is 11.6 Å². The van der Waals surface area contributed by atoms with Gasteiger partial charge in [0.2, 0.25) is 0 Å². The van der Waals surface area contributed by atoms with Crippen molar-refractivity contribution in [1.82, 2.24) is 14.1 Å². The normalized spacial score (nSPS) is 13.2. The van der Waals surface area contributed by atoms with Crippen molar-refractivity contribution in [1.29, 1.82) is 0 Å². The summed E-state index contributed by atoms with van der Waals surface area (Å²) in [4.78, 5) is 16.8. The highest BCUT2D eigenvalue weighted by atomic mass is 35.5. The molecule has 0 bridgehead atoms. The number of halogens is 1. The largest absolute Gasteiger partial charge is 0.372 e. The molecule has 5 rings (SSSR count). The molecule has 0 fully saturated rings. The summed E-state index contributed by atoms with van der Waals surface area (Å²) in [7, 11) is 1.77. The number of aromatic nitrogens is 3. The van der Waals surface area contributed by atoms with Gasteiger partial charge < -0.3 is 14.2 Å². The molecule has 5 aromatic rings. The second-order valence-electron chi connectivity index (χ2n) is 8.05. The molecular weight excluding hydrogens is 434 g/mol. The lowest BCUT2D eigenvalue weighted by Gasteiger charge is -2.26. The fourth-order valence-corrected chi connectivity index (χ4v) is 4.46. The monoisotopic (exact) mass is 455 g/mol. The number of pyridine rings is 1. The predicted molar refractivity (Wildman–Crippen MR) is 131 cm³/mol. The van der Waals surface area contributed by atoms with E-state index in [0.717, 1.165) is 33.2 Å². The average Bonchev–Trinajstić information content (AvgIpc) is 3.38. The molecule has 5 nitrogen and oxygen atoms in total. The zero-order valence-electron chi connectivity index (χ0n) is 18.0. The predicted octanol–water partition coefficient (Wildman–Crippen LogP) is 5.38. The summed E-state index contributed by atoms with van der Waals surface area (Å²) >= 11 is 6.13. The van der Waals surface area contributed by atoms with Crippen LogP contribution in [0, 0.1) is 0 Å². The average molecular weight is 456 g/mol. The molecule has 0 aliphatic heterocycles. The minimum Gasteiger partial charge on any atom is -0.372 e. The van der Waals surface area contributed by atoms with Crippen LogP contribution in [-0.2, 0) is 7.05 Å². The van der Waals surface area contributed by atoms with Crippen molar-refractivity contribution in [2.75, 3.05) is 0 Å². The van der Waals surface area contributed by atoms with E-state index >= 15 is 0 Å². The summed E-state index contributed by atoms with van der Waals surface area (Å²) in [6, 6.07) is 25.0. The topological polar surface area (TPSA) is 60.1 Å². The van der Waals surface area contributed by atoms with Crippen LogP contribution in [0.15, 0.2) is 102 Å². The Balaban J connectivity index is 1.74. The van der Waals surface area contributed by atoms with Crippen LogP contribution in [0.2, 0.25) is 5.02 Å². The molecule has 2 heterocycles. The van der Waals surface area contributed by atoms with E-state index in [1.165, 1.54) is 0 Å². The first kappa shape index (κ1) is 21.2. The highest BCUT2D eigenvalue weighted by Gasteiger charge is 2.25. The molecule has 0 aliphatic rings. The maximum absolute atomic E-state index is 12.7. The van der Waals surface area contributed by atoms with E-state index in [2.05, 4.69) is 11.1 Å². The van der Waals surface area contributed by atoms with Crippen molar-refractivity contribution in [2.45, 2.75) is 12.1 Å². The first-order chi connectivity index (χ1) is 16.0. The SMILES string of the molecule is Cn1c(=O)cc(-c2ccccc2)c2cc(C(c3ccc(Cl)cc3)C(O)n3ccnc3)ccc21. The van der Waals surface area contributed by atoms with E-state index in [9.17, 15) is 9.90 Å². The number of benzene rings is 3. The van der Waals surface area contributed by atoms with Crippen molar-refractivity contribution < 1.29 is 5.11 Å². The van der Waals surface area contributed by atoms with Gasteiger partial charge in [-0.05, 0) is 46.5 Å². The maximum atomic E-state index is 12.7. The Morgan fingerprint density at radius 1 is 0.939 bits per heavy atom. The van der Waals surface area contributed by atoms with Gasteiger partial charge in [0.25, 0.3) is 5.56 Å². The summed E-state index contributed by atoms with van der Waals surface area (Å²) in [5.74, 6) is -0.373. The first-order valence-electron chi connectivity index (χ1n) is 10.6. The summed E-state index contributed by atoms with van der Waals surface area (Å²) in [5.41, 5.74) is 4.44. The van der Waals surface area contributed by atoms with Gasteiger partial charge in [-0.1, -0.05) is 60.1 Å². The highest BCUT2D eigenvalue weighted by Crippen LogP contribution is 2.37. The quantitative estimate of drug-likeness (QED) is 0.387. The van der Waals surface area contributed by atoms with Gasteiger partial charge in [0.05, 0.1) is 17.8 Å². The third-order valence-corrected chi connectivity index (χ3v) is 6.32. The number of fused-ring (bicyclic) bond motifs is 1. The summed E-state index contributed by atoms with van der Waals surface area (Å²) < 4.78 is 3.33. The van der Waals surface area contributed by atoms with E-state index in [0.29, 0.717) is 5.02 Å². The van der Waals surface area contributed by atoms with E-state index in [1.54, 1.807) is 41.0 Å². The second kappa shape index (κ2) is 8.70. The van der Waals surface area contributed by atoms with Crippen molar-refractivity contribution in [3.8, 4) is 11.1 Å². The fourth-order valence-electron chi connectivity index (χ4n) is 4.33. The standard InChI is InChI=1S/C27H22ClN3O2/c1-30-24-12-9-20(15-23(24)22(16-25(30)32)18-5-3-2-4-6-18)26(19-7-10-21(28)11-8-19)27(33)31-14-13-29-17-31/h2-17,26-27,33H,1H3. The molecule has 0 amide bonds. The lowest BCUT2D eigenvalue weighted by atomic mass is 9.87. The second-order valence-corrected chi connectivity index (χ2v) is 8.49. The number of nitrogens with zero attached hydrogens (tertiary/aromatic N) is 3. The third-order valence-electron chi connectivity index (χ3n) is 6.07. The molecule has 2 aromatic heterocycles. The highest BCUT2D eigenvalue weighted by molar-refractivity contribution is 6.30. The van der Waals surface area contributed by atoms with Crippen LogP contribution < -0.4 is 5.56 Å². The van der Waals surface area contributed by atoms with Gasteiger partial charge in [-0.25, -0.2) is 4.98 Å². The third kappa shape index (κ3) is 3.97. The zero-order chi connectivity index (χ0) is 22.9. The Labute approximate surface area is 196 Å². The van der Waals surface area contributed by atoms with Gasteiger partial charge >= 0.3 is 0 Å². The summed E-state index contributed by atoms with van der Waals surface area (Å²) in [5, 5.41) is 12.9. The van der Waals surface area contributed by atoms with Gasteiger partial charge in [0.1, 0.15) is 6.23 Å². The molecule has 0 saturated heterocycles. The number of hydrogen-bond acceptors (Lipinski definition) is 3. The van der Waals surface area contributed by atoms with Crippen LogP contribution in [0.25, 0.3) is 22.0 Å². The van der Waals surface area contributed by atoms with E-state index in [-0.39, 0.29) is 11.5 Å². The molecule has 3 aromatic carbocycles. The Hall–Kier alpha value is -3.67. The number of aliphatic hydroxyl groups excluding tert-OH is 1. The maximum Gasteiger partial charge on any atom is 0.251 e. The number of hydrogen-bond donors (Lipinski definition) is 1. The van der Waals surface area contributed by atoms with Crippen molar-refractivity contribution >= 4 is 22.5 Å². The molecule has 2 unspecified atom stereocenters. The van der Waals surface area contributed by atoms with Gasteiger partial charge in [0.15, 0.2) is 0 Å². The Kier molecular flexibility index (Phi) is 5.58. The Bertz CT molecular complexity index is 1460. The van der Waals surface area contributed by atoms with Crippen molar-refractivity contribution in [3.63, 3.8) is 0 Å². The van der Waals surface area contributed by atoms with Crippen LogP contribution in [0.5, 0.6) is 0 Å². The lowest BCUT2D eigenvalue weighted by molar-refractivity contribution is 0.0864. The zero-order valence-corrected chi connectivity index (χ0v) is 18.7. The number of imidazole rings is 1. The number of rotatable bonds is 5. The molecule has 0 radical (unpaired) electrons. The smallest absolute Gasteiger partial charge is 0.251 e. The Morgan fingerprint density at radius 2 is 1.67 bits per heavy atom. The van der Waals surface area contributed by atoms with Crippen molar-refractivity contribution in [3.05, 3.63) is 124 Å².